The Morgan fingerprint density at radius 2 is 2.14 bits per heavy atom. The normalized spacial score (nSPS) is 24.3. The number of hydrogen-bond donors (Lipinski definition) is 1. The molecule has 1 heterocycles. The Labute approximate surface area is 87.2 Å². The lowest BCUT2D eigenvalue weighted by Crippen LogP contribution is -2.19. The first-order chi connectivity index (χ1) is 6.50. The molecule has 1 N–H and O–H groups in total. The van der Waals surface area contributed by atoms with Crippen molar-refractivity contribution in [1.29, 1.82) is 0 Å². The van der Waals surface area contributed by atoms with Gasteiger partial charge in [0, 0.05) is 10.6 Å². The molecule has 0 bridgehead atoms. The third-order valence-electron chi connectivity index (χ3n) is 2.33. The average Bonchev–Trinajstić information content (AvgIpc) is 2.12. The van der Waals surface area contributed by atoms with Crippen molar-refractivity contribution in [3.05, 3.63) is 28.8 Å². The zero-order valence-corrected chi connectivity index (χ0v) is 8.85. The monoisotopic (exact) mass is 232 g/mol. The molecule has 14 heavy (non-hydrogen) atoms. The van der Waals surface area contributed by atoms with Crippen LogP contribution in [0.1, 0.15) is 18.1 Å². The lowest BCUT2D eigenvalue weighted by molar-refractivity contribution is 0.168. The summed E-state index contributed by atoms with van der Waals surface area (Å²) < 4.78 is 23.2. The third kappa shape index (κ3) is 1.54. The summed E-state index contributed by atoms with van der Waals surface area (Å²) in [6.45, 7) is 0. The first-order valence-corrected chi connectivity index (χ1v) is 6.24. The van der Waals surface area contributed by atoms with Gasteiger partial charge < -0.3 is 5.11 Å². The molecule has 76 valence electrons. The summed E-state index contributed by atoms with van der Waals surface area (Å²) in [6, 6.07) is 4.49. The molecule has 0 amide bonds. The Morgan fingerprint density at radius 1 is 1.43 bits per heavy atom. The van der Waals surface area contributed by atoms with Crippen LogP contribution < -0.4 is 0 Å². The van der Waals surface area contributed by atoms with E-state index in [1.165, 1.54) is 18.2 Å². The molecule has 2 rings (SSSR count). The minimum atomic E-state index is -3.21. The maximum atomic E-state index is 11.6. The van der Waals surface area contributed by atoms with E-state index in [1.807, 2.05) is 0 Å². The van der Waals surface area contributed by atoms with Crippen molar-refractivity contribution in [2.24, 2.45) is 0 Å². The Hall–Kier alpha value is -0.580. The summed E-state index contributed by atoms with van der Waals surface area (Å²) in [5, 5.41) is 10.0. The molecule has 0 fully saturated rings. The second kappa shape index (κ2) is 3.22. The van der Waals surface area contributed by atoms with Gasteiger partial charge in [0.1, 0.15) is 0 Å². The number of aliphatic hydroxyl groups is 1. The molecule has 1 aliphatic rings. The summed E-state index contributed by atoms with van der Waals surface area (Å²) in [4.78, 5) is 0.209. The fraction of sp³-hybridized carbons (Fsp3) is 0.333. The SMILES string of the molecule is O=S1(=O)CCC(O)c2cc(Cl)ccc21. The highest BCUT2D eigenvalue weighted by Gasteiger charge is 2.28. The van der Waals surface area contributed by atoms with Crippen LogP contribution in [0.15, 0.2) is 23.1 Å². The van der Waals surface area contributed by atoms with Gasteiger partial charge in [0.25, 0.3) is 0 Å². The Kier molecular flexibility index (Phi) is 2.29. The molecule has 0 saturated carbocycles. The topological polar surface area (TPSA) is 54.4 Å². The summed E-state index contributed by atoms with van der Waals surface area (Å²) in [5.74, 6) is 0.00278. The smallest absolute Gasteiger partial charge is 0.178 e. The number of hydrogen-bond acceptors (Lipinski definition) is 3. The van der Waals surface area contributed by atoms with Crippen LogP contribution in [0.25, 0.3) is 0 Å². The van der Waals surface area contributed by atoms with E-state index in [0.29, 0.717) is 10.6 Å². The van der Waals surface area contributed by atoms with E-state index in [9.17, 15) is 13.5 Å². The Bertz CT molecular complexity index is 467. The van der Waals surface area contributed by atoms with Crippen LogP contribution in [0.5, 0.6) is 0 Å². The molecule has 0 spiro atoms. The highest BCUT2D eigenvalue weighted by molar-refractivity contribution is 7.91. The largest absolute Gasteiger partial charge is 0.388 e. The number of rotatable bonds is 0. The van der Waals surface area contributed by atoms with Gasteiger partial charge in [-0.2, -0.15) is 0 Å². The number of halogens is 1. The Balaban J connectivity index is 2.69. The first kappa shape index (κ1) is 9.96. The maximum absolute atomic E-state index is 11.6. The van der Waals surface area contributed by atoms with Crippen molar-refractivity contribution < 1.29 is 13.5 Å². The lowest BCUT2D eigenvalue weighted by atomic mass is 10.1. The van der Waals surface area contributed by atoms with Crippen molar-refractivity contribution in [1.82, 2.24) is 0 Å². The number of benzene rings is 1. The van der Waals surface area contributed by atoms with Crippen LogP contribution in [0, 0.1) is 0 Å². The number of sulfone groups is 1. The number of fused-ring (bicyclic) bond motifs is 1. The molecule has 0 saturated heterocycles. The molecule has 1 aliphatic heterocycles. The van der Waals surface area contributed by atoms with Gasteiger partial charge >= 0.3 is 0 Å². The molecule has 1 unspecified atom stereocenters. The second-order valence-electron chi connectivity index (χ2n) is 3.31. The fourth-order valence-corrected chi connectivity index (χ4v) is 3.36. The van der Waals surface area contributed by atoms with Crippen molar-refractivity contribution in [3.63, 3.8) is 0 Å². The Morgan fingerprint density at radius 3 is 2.86 bits per heavy atom. The van der Waals surface area contributed by atoms with Crippen molar-refractivity contribution in [3.8, 4) is 0 Å². The average molecular weight is 233 g/mol. The third-order valence-corrected chi connectivity index (χ3v) is 4.38. The van der Waals surface area contributed by atoms with Crippen LogP contribution in [0.4, 0.5) is 0 Å². The number of aliphatic hydroxyl groups excluding tert-OH is 1. The highest BCUT2D eigenvalue weighted by Crippen LogP contribution is 2.33. The van der Waals surface area contributed by atoms with Gasteiger partial charge in [-0.1, -0.05) is 11.6 Å². The molecule has 3 nitrogen and oxygen atoms in total. The van der Waals surface area contributed by atoms with Gasteiger partial charge in [-0.05, 0) is 24.6 Å². The van der Waals surface area contributed by atoms with Crippen molar-refractivity contribution >= 4 is 21.4 Å². The molecule has 1 atom stereocenters. The van der Waals surface area contributed by atoms with Crippen LogP contribution in [0.2, 0.25) is 5.02 Å². The van der Waals surface area contributed by atoms with E-state index in [0.717, 1.165) is 0 Å². The van der Waals surface area contributed by atoms with E-state index in [4.69, 9.17) is 11.6 Å². The zero-order chi connectivity index (χ0) is 10.3. The maximum Gasteiger partial charge on any atom is 0.178 e. The van der Waals surface area contributed by atoms with E-state index in [1.54, 1.807) is 0 Å². The van der Waals surface area contributed by atoms with Crippen LogP contribution in [-0.4, -0.2) is 19.3 Å². The summed E-state index contributed by atoms with van der Waals surface area (Å²) in [7, 11) is -3.21. The van der Waals surface area contributed by atoms with E-state index in [2.05, 4.69) is 0 Å². The molecule has 0 aromatic heterocycles. The highest BCUT2D eigenvalue weighted by atomic mass is 35.5. The van der Waals surface area contributed by atoms with Gasteiger partial charge in [0.05, 0.1) is 16.8 Å². The van der Waals surface area contributed by atoms with Crippen molar-refractivity contribution in [2.45, 2.75) is 17.4 Å². The fourth-order valence-electron chi connectivity index (χ4n) is 1.60. The summed E-state index contributed by atoms with van der Waals surface area (Å²) in [6.07, 6.45) is -0.470. The van der Waals surface area contributed by atoms with Crippen LogP contribution in [0.3, 0.4) is 0 Å². The first-order valence-electron chi connectivity index (χ1n) is 4.21. The molecule has 0 aliphatic carbocycles. The van der Waals surface area contributed by atoms with Crippen LogP contribution >= 0.6 is 11.6 Å². The summed E-state index contributed by atoms with van der Waals surface area (Å²) >= 11 is 5.73. The van der Waals surface area contributed by atoms with Gasteiger partial charge in [-0.25, -0.2) is 8.42 Å². The van der Waals surface area contributed by atoms with Crippen LogP contribution in [-0.2, 0) is 9.84 Å². The molecule has 1 aromatic carbocycles. The minimum absolute atomic E-state index is 0.00278. The van der Waals surface area contributed by atoms with E-state index in [-0.39, 0.29) is 17.1 Å². The van der Waals surface area contributed by atoms with Gasteiger partial charge in [0.15, 0.2) is 9.84 Å². The van der Waals surface area contributed by atoms with E-state index < -0.39 is 15.9 Å². The summed E-state index contributed by atoms with van der Waals surface area (Å²) in [5.41, 5.74) is 0.420. The van der Waals surface area contributed by atoms with Gasteiger partial charge in [0.2, 0.25) is 0 Å². The molecule has 1 aromatic rings. The minimum Gasteiger partial charge on any atom is -0.388 e. The quantitative estimate of drug-likeness (QED) is 0.739. The zero-order valence-electron chi connectivity index (χ0n) is 7.27. The molecule has 5 heteroatoms. The van der Waals surface area contributed by atoms with Gasteiger partial charge in [-0.15, -0.1) is 0 Å². The molecular weight excluding hydrogens is 224 g/mol. The molecule has 0 radical (unpaired) electrons. The van der Waals surface area contributed by atoms with E-state index >= 15 is 0 Å². The lowest BCUT2D eigenvalue weighted by Gasteiger charge is -2.21. The second-order valence-corrected chi connectivity index (χ2v) is 5.82. The van der Waals surface area contributed by atoms with Gasteiger partial charge in [-0.3, -0.25) is 0 Å². The standard InChI is InChI=1S/C9H9ClO3S/c10-6-1-2-9-7(5-6)8(11)3-4-14(9,12)13/h1-2,5,8,11H,3-4H2. The van der Waals surface area contributed by atoms with Crippen molar-refractivity contribution in [2.75, 3.05) is 5.75 Å². The predicted octanol–water partition coefficient (Wildman–Crippen LogP) is 1.55. The molecular formula is C9H9ClO3S. The predicted molar refractivity (Wildman–Crippen MR) is 53.1 cm³/mol.